The minimum absolute atomic E-state index is 0.395. The Bertz CT molecular complexity index is 123. The molecule has 1 saturated heterocycles. The van der Waals surface area contributed by atoms with Gasteiger partial charge in [-0.05, 0) is 7.05 Å². The first-order chi connectivity index (χ1) is 5.24. The van der Waals surface area contributed by atoms with Crippen molar-refractivity contribution in [3.63, 3.8) is 0 Å². The summed E-state index contributed by atoms with van der Waals surface area (Å²) in [5.74, 6) is 0. The number of nitrogens with zero attached hydrogens (tertiary/aromatic N) is 1. The Morgan fingerprint density at radius 1 is 1.90 bits per heavy atom. The van der Waals surface area contributed by atoms with E-state index < -0.39 is 0 Å². The number of ether oxygens (including phenoxy) is 1. The zero-order valence-electron chi connectivity index (χ0n) is 7.71. The molecule has 3 heteroatoms. The van der Waals surface area contributed by atoms with Gasteiger partial charge in [-0.1, -0.05) is 0 Å². The van der Waals surface area contributed by atoms with Gasteiger partial charge in [0, 0.05) is 32.8 Å². The van der Waals surface area contributed by atoms with Crippen molar-refractivity contribution in [2.75, 3.05) is 40.4 Å². The largest absolute Gasteiger partial charge is 0.383 e. The molecule has 1 aliphatic heterocycles. The highest BCUT2D eigenvalue weighted by Gasteiger charge is 2.17. The first-order valence-electron chi connectivity index (χ1n) is 4.11. The van der Waals surface area contributed by atoms with Gasteiger partial charge in [-0.25, -0.2) is 0 Å². The second-order valence-electron chi connectivity index (χ2n) is 2.72. The summed E-state index contributed by atoms with van der Waals surface area (Å²) in [7, 11) is 3.79. The molecule has 3 nitrogen and oxygen atoms in total. The molecule has 0 aromatic heterocycles. The van der Waals surface area contributed by atoms with Gasteiger partial charge in [0.2, 0.25) is 0 Å². The first-order valence-corrected chi connectivity index (χ1v) is 3.67. The molecule has 0 spiro atoms. The SMILES string of the molecule is [2H]N1CCN(C)[C@@H](COC)C1. The van der Waals surface area contributed by atoms with E-state index >= 15 is 0 Å². The molecular weight excluding hydrogens is 128 g/mol. The summed E-state index contributed by atoms with van der Waals surface area (Å²) in [4.78, 5) is 2.24. The number of likely N-dealkylation sites (N-methyl/N-ethyl adjacent to an activating group) is 1. The smallest absolute Gasteiger partial charge is 0.122 e. The van der Waals surface area contributed by atoms with E-state index in [9.17, 15) is 0 Å². The fourth-order valence-corrected chi connectivity index (χ4v) is 1.16. The lowest BCUT2D eigenvalue weighted by molar-refractivity contribution is 0.0909. The van der Waals surface area contributed by atoms with Gasteiger partial charge in [-0.15, -0.1) is 0 Å². The summed E-state index contributed by atoms with van der Waals surface area (Å²) >= 11 is 0. The highest BCUT2D eigenvalue weighted by atomic mass is 16.5. The van der Waals surface area contributed by atoms with E-state index in [-0.39, 0.29) is 0 Å². The van der Waals surface area contributed by atoms with Crippen LogP contribution in [0.25, 0.3) is 0 Å². The predicted molar refractivity (Wildman–Crippen MR) is 41.2 cm³/mol. The molecule has 0 saturated carbocycles. The molecule has 0 aromatic rings. The van der Waals surface area contributed by atoms with Gasteiger partial charge in [-0.3, -0.25) is 4.90 Å². The summed E-state index contributed by atoms with van der Waals surface area (Å²) in [5, 5.41) is 1.60. The van der Waals surface area contributed by atoms with Crippen molar-refractivity contribution >= 4 is 0 Å². The van der Waals surface area contributed by atoms with Crippen LogP contribution in [0.1, 0.15) is 0 Å². The Balaban J connectivity index is 2.34. The van der Waals surface area contributed by atoms with Crippen LogP contribution in [-0.2, 0) is 4.74 Å². The third-order valence-electron chi connectivity index (χ3n) is 1.93. The zero-order chi connectivity index (χ0) is 8.27. The van der Waals surface area contributed by atoms with Crippen molar-refractivity contribution in [1.29, 1.82) is 0 Å². The summed E-state index contributed by atoms with van der Waals surface area (Å²) in [6.45, 7) is 3.34. The van der Waals surface area contributed by atoms with Crippen molar-refractivity contribution in [1.82, 2.24) is 10.2 Å². The molecule has 10 heavy (non-hydrogen) atoms. The van der Waals surface area contributed by atoms with Crippen molar-refractivity contribution in [2.45, 2.75) is 6.04 Å². The minimum atomic E-state index is 0.395. The molecule has 0 unspecified atom stereocenters. The molecule has 0 amide bonds. The fraction of sp³-hybridized carbons (Fsp3) is 1.00. The fourth-order valence-electron chi connectivity index (χ4n) is 1.16. The molecule has 1 fully saturated rings. The Morgan fingerprint density at radius 2 is 2.70 bits per heavy atom. The molecule has 0 aliphatic carbocycles. The lowest BCUT2D eigenvalue weighted by atomic mass is 10.2. The van der Waals surface area contributed by atoms with Gasteiger partial charge in [0.05, 0.1) is 6.61 Å². The Hall–Kier alpha value is -0.120. The summed E-state index contributed by atoms with van der Waals surface area (Å²) < 4.78 is 12.5. The number of hydrogen-bond acceptors (Lipinski definition) is 3. The zero-order valence-corrected chi connectivity index (χ0v) is 6.71. The van der Waals surface area contributed by atoms with Crippen LogP contribution in [0.2, 0.25) is 1.41 Å². The molecule has 1 heterocycles. The van der Waals surface area contributed by atoms with Crippen LogP contribution in [0.5, 0.6) is 0 Å². The number of piperazine rings is 1. The maximum Gasteiger partial charge on any atom is 0.122 e. The number of hydrogen-bond donors (Lipinski definition) is 1. The predicted octanol–water partition coefficient (Wildman–Crippen LogP) is -0.464. The summed E-state index contributed by atoms with van der Waals surface area (Å²) in [6.07, 6.45) is 0. The van der Waals surface area contributed by atoms with Gasteiger partial charge >= 0.3 is 0 Å². The van der Waals surface area contributed by atoms with Crippen LogP contribution in [0.3, 0.4) is 0 Å². The highest BCUT2D eigenvalue weighted by Crippen LogP contribution is 1.98. The maximum absolute atomic E-state index is 7.42. The standard InChI is InChI=1S/C7H16N2O/c1-9-4-3-8-5-7(9)6-10-2/h7-8H,3-6H2,1-2H3/t7-/m1/s1/i/hD. The quantitative estimate of drug-likeness (QED) is 0.569. The van der Waals surface area contributed by atoms with E-state index in [0.717, 1.165) is 26.2 Å². The van der Waals surface area contributed by atoms with Gasteiger partial charge in [-0.2, -0.15) is 0 Å². The molecule has 1 N–H and O–H groups in total. The average molecular weight is 145 g/mol. The van der Waals surface area contributed by atoms with E-state index in [1.54, 1.807) is 12.4 Å². The molecule has 0 aromatic carbocycles. The molecule has 60 valence electrons. The lowest BCUT2D eigenvalue weighted by Gasteiger charge is -2.32. The van der Waals surface area contributed by atoms with E-state index in [1.807, 2.05) is 0 Å². The van der Waals surface area contributed by atoms with Crippen LogP contribution in [0.15, 0.2) is 0 Å². The normalized spacial score (nSPS) is 32.2. The lowest BCUT2D eigenvalue weighted by Crippen LogP contribution is -2.51. The maximum atomic E-state index is 7.42. The molecule has 1 rings (SSSR count). The summed E-state index contributed by atoms with van der Waals surface area (Å²) in [5.41, 5.74) is 0. The first kappa shape index (κ1) is 6.58. The number of methoxy groups -OCH3 is 1. The monoisotopic (exact) mass is 145 g/mol. The molecule has 1 aliphatic rings. The van der Waals surface area contributed by atoms with Gasteiger partial charge in [0.1, 0.15) is 1.41 Å². The van der Waals surface area contributed by atoms with Crippen molar-refractivity contribution in [2.24, 2.45) is 0 Å². The number of nitrogens with one attached hydrogen (secondary N) is 1. The third kappa shape index (κ3) is 1.94. The minimum Gasteiger partial charge on any atom is -0.383 e. The van der Waals surface area contributed by atoms with Crippen molar-refractivity contribution in [3.8, 4) is 0 Å². The molecule has 1 atom stereocenters. The van der Waals surface area contributed by atoms with Crippen molar-refractivity contribution in [3.05, 3.63) is 0 Å². The van der Waals surface area contributed by atoms with Gasteiger partial charge in [0.15, 0.2) is 0 Å². The number of rotatable bonds is 2. The van der Waals surface area contributed by atoms with Crippen LogP contribution < -0.4 is 5.31 Å². The average Bonchev–Trinajstić information content (AvgIpc) is 1.98. The van der Waals surface area contributed by atoms with E-state index in [1.165, 1.54) is 0 Å². The van der Waals surface area contributed by atoms with Gasteiger partial charge < -0.3 is 10.0 Å². The van der Waals surface area contributed by atoms with Crippen LogP contribution in [0, 0.1) is 0 Å². The van der Waals surface area contributed by atoms with Crippen LogP contribution in [0.4, 0.5) is 0 Å². The third-order valence-corrected chi connectivity index (χ3v) is 1.93. The Kier molecular flexibility index (Phi) is 2.57. The van der Waals surface area contributed by atoms with E-state index in [4.69, 9.17) is 6.15 Å². The topological polar surface area (TPSA) is 24.5 Å². The molecule has 0 bridgehead atoms. The second-order valence-corrected chi connectivity index (χ2v) is 2.72. The van der Waals surface area contributed by atoms with Crippen LogP contribution >= 0.6 is 0 Å². The van der Waals surface area contributed by atoms with Crippen LogP contribution in [-0.4, -0.2) is 51.3 Å². The Labute approximate surface area is 63.8 Å². The Morgan fingerprint density at radius 3 is 3.40 bits per heavy atom. The summed E-state index contributed by atoms with van der Waals surface area (Å²) in [6, 6.07) is 0.395. The van der Waals surface area contributed by atoms with Gasteiger partial charge in [0.25, 0.3) is 0 Å². The molecular formula is C7H16N2O. The molecule has 0 radical (unpaired) electrons. The van der Waals surface area contributed by atoms with E-state index in [0.29, 0.717) is 6.04 Å². The van der Waals surface area contributed by atoms with Crippen molar-refractivity contribution < 1.29 is 6.15 Å². The second kappa shape index (κ2) is 3.91. The highest BCUT2D eigenvalue weighted by molar-refractivity contribution is 4.76. The van der Waals surface area contributed by atoms with E-state index in [2.05, 4.69) is 11.9 Å².